The van der Waals surface area contributed by atoms with Gasteiger partial charge in [0, 0.05) is 32.4 Å². The lowest BCUT2D eigenvalue weighted by atomic mass is 9.96. The third-order valence-corrected chi connectivity index (χ3v) is 6.48. The minimum Gasteiger partial charge on any atom is -0.432 e. The van der Waals surface area contributed by atoms with E-state index in [-0.39, 0.29) is 32.8 Å². The van der Waals surface area contributed by atoms with E-state index in [9.17, 15) is 28.1 Å². The van der Waals surface area contributed by atoms with E-state index in [1.165, 1.54) is 20.4 Å². The van der Waals surface area contributed by atoms with Crippen LogP contribution in [-0.4, -0.2) is 95.0 Å². The Balaban J connectivity index is 2.05. The summed E-state index contributed by atoms with van der Waals surface area (Å²) in [5.74, 6) is -0.459. The molecule has 2 rings (SSSR count). The Kier molecular flexibility index (Phi) is 13.7. The van der Waals surface area contributed by atoms with E-state index in [0.717, 1.165) is 10.6 Å². The molecule has 0 radical (unpaired) electrons. The Hall–Kier alpha value is -2.86. The lowest BCUT2D eigenvalue weighted by Gasteiger charge is -2.28. The minimum atomic E-state index is -4.71. The molecule has 19 heteroatoms. The first-order chi connectivity index (χ1) is 19.1. The van der Waals surface area contributed by atoms with Gasteiger partial charge < -0.3 is 33.2 Å². The molecule has 1 fully saturated rings. The molecule has 0 spiro atoms. The van der Waals surface area contributed by atoms with Crippen molar-refractivity contribution in [1.29, 1.82) is 0 Å². The number of methoxy groups -OCH3 is 2. The first kappa shape index (κ1) is 33.3. The summed E-state index contributed by atoms with van der Waals surface area (Å²) in [6, 6.07) is 1.10. The van der Waals surface area contributed by atoms with E-state index in [1.54, 1.807) is 6.92 Å². The molecule has 1 aromatic heterocycles. The number of carbonyl (C=O) groups excluding carboxylic acids is 2. The molecular formula is C21H32FN2O15P. The number of halogens is 1. The van der Waals surface area contributed by atoms with Crippen molar-refractivity contribution in [3.8, 4) is 0 Å². The Morgan fingerprint density at radius 2 is 1.60 bits per heavy atom. The Labute approximate surface area is 227 Å². The number of phosphoric acid groups is 1. The molecule has 17 nitrogen and oxygen atoms in total. The highest BCUT2D eigenvalue weighted by atomic mass is 31.2. The molecule has 0 bridgehead atoms. The fourth-order valence-corrected chi connectivity index (χ4v) is 4.35. The van der Waals surface area contributed by atoms with E-state index in [1.807, 2.05) is 0 Å². The SMILES string of the molecule is COCCOC(=O)OCOP(=O)(OCOC(=O)OCCOC)OC[C@]1(CF)C[C@H](C)[C@H](n2ccc(=O)[nH]c2=O)O1. The van der Waals surface area contributed by atoms with Crippen LogP contribution in [0, 0.1) is 5.92 Å². The number of hydrogen-bond donors (Lipinski definition) is 1. The van der Waals surface area contributed by atoms with Gasteiger partial charge in [0.1, 0.15) is 31.7 Å². The second-order valence-corrected chi connectivity index (χ2v) is 9.88. The molecule has 1 aliphatic heterocycles. The van der Waals surface area contributed by atoms with Gasteiger partial charge in [0.05, 0.1) is 19.8 Å². The number of aromatic nitrogens is 2. The van der Waals surface area contributed by atoms with Crippen LogP contribution in [0.2, 0.25) is 0 Å². The van der Waals surface area contributed by atoms with E-state index in [0.29, 0.717) is 0 Å². The number of phosphoric ester groups is 1. The molecule has 1 N–H and O–H groups in total. The zero-order chi connectivity index (χ0) is 29.6. The number of aromatic amines is 1. The molecule has 3 atom stereocenters. The average Bonchev–Trinajstić information content (AvgIpc) is 3.24. The van der Waals surface area contributed by atoms with Crippen molar-refractivity contribution >= 4 is 20.1 Å². The van der Waals surface area contributed by atoms with Gasteiger partial charge in [0.25, 0.3) is 5.56 Å². The Bertz CT molecular complexity index is 1080. The summed E-state index contributed by atoms with van der Waals surface area (Å²) in [7, 11) is -1.93. The van der Waals surface area contributed by atoms with Crippen molar-refractivity contribution in [2.24, 2.45) is 5.92 Å². The predicted octanol–water partition coefficient (Wildman–Crippen LogP) is 1.47. The van der Waals surface area contributed by atoms with Crippen LogP contribution in [0.25, 0.3) is 0 Å². The molecule has 1 saturated heterocycles. The third-order valence-electron chi connectivity index (χ3n) is 5.20. The van der Waals surface area contributed by atoms with Gasteiger partial charge in [-0.1, -0.05) is 6.92 Å². The number of nitrogens with zero attached hydrogens (tertiary/aromatic N) is 1. The molecule has 0 aromatic carbocycles. The molecule has 1 aliphatic rings. The standard InChI is InChI=1S/C21H32FN2O15P/c1-15-10-21(11-22,39-17(15)24-5-4-16(25)23-18(24)26)12-36-40(29,37-13-34-19(27)32-8-6-30-2)38-14-35-20(28)33-9-7-31-3/h4-5,15,17H,6-14H2,1-3H3,(H,23,25,26)/t15-,17+,21+/m0/s1. The molecule has 1 aromatic rings. The number of hydrogen-bond acceptors (Lipinski definition) is 15. The molecule has 0 amide bonds. The van der Waals surface area contributed by atoms with Crippen LogP contribution in [0.3, 0.4) is 0 Å². The van der Waals surface area contributed by atoms with E-state index in [4.69, 9.17) is 27.8 Å². The number of nitrogens with one attached hydrogen (secondary N) is 1. The molecule has 0 aliphatic carbocycles. The number of alkyl halides is 1. The normalized spacial score (nSPS) is 20.7. The van der Waals surface area contributed by atoms with Crippen LogP contribution in [0.4, 0.5) is 14.0 Å². The van der Waals surface area contributed by atoms with E-state index in [2.05, 4.69) is 23.9 Å². The third kappa shape index (κ3) is 10.6. The highest BCUT2D eigenvalue weighted by Gasteiger charge is 2.48. The largest absolute Gasteiger partial charge is 0.510 e. The van der Waals surface area contributed by atoms with Crippen LogP contribution in [0.5, 0.6) is 0 Å². The predicted molar refractivity (Wildman–Crippen MR) is 128 cm³/mol. The molecule has 0 saturated carbocycles. The highest BCUT2D eigenvalue weighted by molar-refractivity contribution is 7.48. The topological polar surface area (TPSA) is 198 Å². The van der Waals surface area contributed by atoms with Gasteiger partial charge in [-0.25, -0.2) is 32.4 Å². The maximum Gasteiger partial charge on any atom is 0.510 e. The van der Waals surface area contributed by atoms with Crippen molar-refractivity contribution in [2.75, 3.05) is 67.5 Å². The first-order valence-corrected chi connectivity index (χ1v) is 13.2. The second-order valence-electron chi connectivity index (χ2n) is 8.21. The van der Waals surface area contributed by atoms with Gasteiger partial charge in [-0.3, -0.25) is 18.9 Å². The maximum absolute atomic E-state index is 14.3. The van der Waals surface area contributed by atoms with Gasteiger partial charge in [-0.2, -0.15) is 0 Å². The quantitative estimate of drug-likeness (QED) is 0.116. The minimum absolute atomic E-state index is 0.00954. The fourth-order valence-electron chi connectivity index (χ4n) is 3.37. The second kappa shape index (κ2) is 16.4. The fraction of sp³-hybridized carbons (Fsp3) is 0.714. The zero-order valence-electron chi connectivity index (χ0n) is 22.1. The lowest BCUT2D eigenvalue weighted by molar-refractivity contribution is -0.117. The molecule has 0 unspecified atom stereocenters. The summed E-state index contributed by atoms with van der Waals surface area (Å²) in [6.45, 7) is -2.26. The van der Waals surface area contributed by atoms with Gasteiger partial charge in [-0.05, 0) is 6.42 Å². The zero-order valence-corrected chi connectivity index (χ0v) is 23.0. The maximum atomic E-state index is 14.3. The van der Waals surface area contributed by atoms with Crippen LogP contribution in [0.15, 0.2) is 21.9 Å². The van der Waals surface area contributed by atoms with Gasteiger partial charge >= 0.3 is 25.8 Å². The van der Waals surface area contributed by atoms with Crippen LogP contribution in [0.1, 0.15) is 19.6 Å². The van der Waals surface area contributed by atoms with Gasteiger partial charge in [0.2, 0.25) is 13.6 Å². The van der Waals surface area contributed by atoms with Gasteiger partial charge in [0.15, 0.2) is 0 Å². The van der Waals surface area contributed by atoms with E-state index < -0.39 is 76.0 Å². The Morgan fingerprint density at radius 3 is 2.10 bits per heavy atom. The average molecular weight is 602 g/mol. The monoisotopic (exact) mass is 602 g/mol. The lowest BCUT2D eigenvalue weighted by Crippen LogP contribution is -2.38. The first-order valence-electron chi connectivity index (χ1n) is 11.7. The number of rotatable bonds is 17. The van der Waals surface area contributed by atoms with Crippen molar-refractivity contribution in [3.05, 3.63) is 33.1 Å². The molecular weight excluding hydrogens is 570 g/mol. The summed E-state index contributed by atoms with van der Waals surface area (Å²) in [5.41, 5.74) is -3.12. The molecule has 228 valence electrons. The van der Waals surface area contributed by atoms with Crippen LogP contribution < -0.4 is 11.2 Å². The van der Waals surface area contributed by atoms with Crippen molar-refractivity contribution in [3.63, 3.8) is 0 Å². The van der Waals surface area contributed by atoms with Crippen LogP contribution in [-0.2, 0) is 51.3 Å². The highest BCUT2D eigenvalue weighted by Crippen LogP contribution is 2.52. The summed E-state index contributed by atoms with van der Waals surface area (Å²) in [5, 5.41) is 0. The Morgan fingerprint density at radius 1 is 1.02 bits per heavy atom. The smallest absolute Gasteiger partial charge is 0.432 e. The summed E-state index contributed by atoms with van der Waals surface area (Å²) < 4.78 is 77.4. The van der Waals surface area contributed by atoms with Crippen molar-refractivity contribution in [2.45, 2.75) is 25.2 Å². The summed E-state index contributed by atoms with van der Waals surface area (Å²) >= 11 is 0. The molecule has 2 heterocycles. The van der Waals surface area contributed by atoms with Crippen molar-refractivity contribution < 1.29 is 65.3 Å². The number of H-pyrrole nitrogens is 1. The van der Waals surface area contributed by atoms with Gasteiger partial charge in [-0.15, -0.1) is 0 Å². The summed E-state index contributed by atoms with van der Waals surface area (Å²) in [6.07, 6.45) is -2.20. The number of carbonyl (C=O) groups is 2. The van der Waals surface area contributed by atoms with E-state index >= 15 is 0 Å². The van der Waals surface area contributed by atoms with Crippen LogP contribution >= 0.6 is 7.82 Å². The molecule has 40 heavy (non-hydrogen) atoms. The van der Waals surface area contributed by atoms with Crippen molar-refractivity contribution in [1.82, 2.24) is 9.55 Å². The summed E-state index contributed by atoms with van der Waals surface area (Å²) in [4.78, 5) is 48.8. The number of ether oxygens (including phenoxy) is 7.